The van der Waals surface area contributed by atoms with Gasteiger partial charge in [-0.15, -0.1) is 0 Å². The molecular weight excluding hydrogens is 577 g/mol. The van der Waals surface area contributed by atoms with Crippen LogP contribution in [0.25, 0.3) is 55.8 Å². The van der Waals surface area contributed by atoms with Crippen LogP contribution in [0.4, 0.5) is 10.1 Å². The minimum Gasteiger partial charge on any atom is -0.384 e. The molecule has 0 fully saturated rings. The van der Waals surface area contributed by atoms with Crippen molar-refractivity contribution >= 4 is 27.6 Å². The number of hydrogen-bond donors (Lipinski definition) is 4. The summed E-state index contributed by atoms with van der Waals surface area (Å²) in [5, 5.41) is 15.4. The Morgan fingerprint density at radius 2 is 1.70 bits per heavy atom. The second-order valence-corrected chi connectivity index (χ2v) is 11.6. The fourth-order valence-corrected chi connectivity index (χ4v) is 5.58. The maximum absolute atomic E-state index is 14.7. The quantitative estimate of drug-likeness (QED) is 0.130. The van der Waals surface area contributed by atoms with Gasteiger partial charge in [0.15, 0.2) is 0 Å². The van der Waals surface area contributed by atoms with Crippen LogP contribution in [0.3, 0.4) is 0 Å². The third kappa shape index (κ3) is 6.35. The van der Waals surface area contributed by atoms with Gasteiger partial charge in [0.1, 0.15) is 17.0 Å². The van der Waals surface area contributed by atoms with Crippen molar-refractivity contribution in [1.82, 2.24) is 40.3 Å². The van der Waals surface area contributed by atoms with Crippen LogP contribution in [0.5, 0.6) is 0 Å². The number of hydrogen-bond acceptors (Lipinski definition) is 7. The fourth-order valence-electron chi connectivity index (χ4n) is 5.58. The first kappa shape index (κ1) is 29.3. The van der Waals surface area contributed by atoms with Crippen molar-refractivity contribution in [2.24, 2.45) is 0 Å². The van der Waals surface area contributed by atoms with Crippen molar-refractivity contribution in [2.75, 3.05) is 32.5 Å². The molecule has 7 aromatic rings. The summed E-state index contributed by atoms with van der Waals surface area (Å²) in [7, 11) is 4.01. The number of nitrogens with one attached hydrogen (secondary N) is 4. The highest BCUT2D eigenvalue weighted by Crippen LogP contribution is 2.34. The molecule has 4 N–H and O–H groups in total. The lowest BCUT2D eigenvalue weighted by Crippen LogP contribution is -2.20. The van der Waals surface area contributed by atoms with Crippen LogP contribution >= 0.6 is 0 Å². The Hall–Kier alpha value is -5.45. The number of halogens is 1. The monoisotopic (exact) mass is 611 g/mol. The molecule has 10 heteroatoms. The van der Waals surface area contributed by atoms with E-state index in [1.165, 1.54) is 17.7 Å². The van der Waals surface area contributed by atoms with E-state index in [-0.39, 0.29) is 5.82 Å². The number of benzene rings is 2. The van der Waals surface area contributed by atoms with Gasteiger partial charge in [-0.25, -0.2) is 9.37 Å². The van der Waals surface area contributed by atoms with Gasteiger partial charge in [-0.3, -0.25) is 15.1 Å². The first-order valence-electron chi connectivity index (χ1n) is 15.2. The van der Waals surface area contributed by atoms with Crippen LogP contribution in [0.15, 0.2) is 97.5 Å². The summed E-state index contributed by atoms with van der Waals surface area (Å²) < 4.78 is 14.7. The summed E-state index contributed by atoms with van der Waals surface area (Å²) in [6.07, 6.45) is 5.44. The van der Waals surface area contributed by atoms with Gasteiger partial charge in [-0.1, -0.05) is 30.3 Å². The number of aromatic amines is 2. The van der Waals surface area contributed by atoms with Crippen LogP contribution in [-0.4, -0.2) is 62.2 Å². The summed E-state index contributed by atoms with van der Waals surface area (Å²) in [5.41, 5.74) is 10.1. The van der Waals surface area contributed by atoms with Crippen LogP contribution in [0, 0.1) is 5.82 Å². The molecule has 9 nitrogen and oxygen atoms in total. The Labute approximate surface area is 266 Å². The van der Waals surface area contributed by atoms with Gasteiger partial charge >= 0.3 is 0 Å². The van der Waals surface area contributed by atoms with Crippen LogP contribution in [-0.2, 0) is 13.1 Å². The number of fused-ring (bicyclic) bond motifs is 2. The predicted molar refractivity (Wildman–Crippen MR) is 182 cm³/mol. The van der Waals surface area contributed by atoms with E-state index in [2.05, 4.69) is 58.9 Å². The number of aromatic nitrogens is 6. The van der Waals surface area contributed by atoms with Crippen molar-refractivity contribution in [3.8, 4) is 33.9 Å². The van der Waals surface area contributed by atoms with Crippen molar-refractivity contribution in [1.29, 1.82) is 0 Å². The number of likely N-dealkylation sites (N-methyl/N-ethyl adjacent to an activating group) is 1. The van der Waals surface area contributed by atoms with Gasteiger partial charge in [0, 0.05) is 72.5 Å². The van der Waals surface area contributed by atoms with Crippen molar-refractivity contribution in [2.45, 2.75) is 13.1 Å². The van der Waals surface area contributed by atoms with E-state index in [0.29, 0.717) is 35.7 Å². The molecule has 230 valence electrons. The first-order chi connectivity index (χ1) is 22.5. The molecule has 0 bridgehead atoms. The second-order valence-electron chi connectivity index (χ2n) is 11.6. The van der Waals surface area contributed by atoms with Gasteiger partial charge in [-0.2, -0.15) is 5.10 Å². The number of rotatable bonds is 11. The maximum atomic E-state index is 14.7. The van der Waals surface area contributed by atoms with Gasteiger partial charge in [0.05, 0.1) is 22.6 Å². The molecule has 5 heterocycles. The summed E-state index contributed by atoms with van der Waals surface area (Å²) in [5.74, 6) is -0.319. The van der Waals surface area contributed by atoms with E-state index >= 15 is 0 Å². The summed E-state index contributed by atoms with van der Waals surface area (Å²) in [4.78, 5) is 19.7. The van der Waals surface area contributed by atoms with Crippen molar-refractivity contribution in [3.05, 3.63) is 114 Å². The molecule has 0 unspecified atom stereocenters. The number of H-pyrrole nitrogens is 2. The maximum Gasteiger partial charge on any atom is 0.135 e. The van der Waals surface area contributed by atoms with E-state index in [9.17, 15) is 4.39 Å². The molecule has 0 atom stereocenters. The zero-order valence-electron chi connectivity index (χ0n) is 25.7. The molecule has 7 rings (SSSR count). The van der Waals surface area contributed by atoms with E-state index in [4.69, 9.17) is 4.98 Å². The van der Waals surface area contributed by atoms with Gasteiger partial charge in [-0.05, 0) is 73.8 Å². The summed E-state index contributed by atoms with van der Waals surface area (Å²) in [6.45, 7) is 3.01. The molecular formula is C36H34FN9. The topological polar surface area (TPSA) is 110 Å². The van der Waals surface area contributed by atoms with E-state index < -0.39 is 0 Å². The lowest BCUT2D eigenvalue weighted by atomic mass is 10.1. The molecule has 5 aromatic heterocycles. The molecule has 0 amide bonds. The largest absolute Gasteiger partial charge is 0.384 e. The average molecular weight is 612 g/mol. The normalized spacial score (nSPS) is 11.6. The molecule has 0 spiro atoms. The van der Waals surface area contributed by atoms with Crippen LogP contribution < -0.4 is 10.6 Å². The minimum atomic E-state index is -0.319. The first-order valence-corrected chi connectivity index (χ1v) is 15.2. The Morgan fingerprint density at radius 3 is 2.57 bits per heavy atom. The highest BCUT2D eigenvalue weighted by atomic mass is 19.1. The molecule has 0 radical (unpaired) electrons. The minimum absolute atomic E-state index is 0.319. The van der Waals surface area contributed by atoms with E-state index in [1.54, 1.807) is 6.20 Å². The standard InChI is InChI=1S/C36H34FN9/c1-46(2)13-12-40-28-16-25(15-27(37)17-28)34-29-18-33(42-31(29)10-11-41-34)36-35-32(44-45-36)9-8-30(43-35)26-14-24(21-39-22-26)20-38-19-23-6-4-3-5-7-23/h3-11,14-18,21-22,38,40,42H,12-13,19-20H2,1-2H3,(H,44,45). The number of pyridine rings is 3. The Bertz CT molecular complexity index is 2120. The summed E-state index contributed by atoms with van der Waals surface area (Å²) >= 11 is 0. The number of nitrogens with zero attached hydrogens (tertiary/aromatic N) is 5. The van der Waals surface area contributed by atoms with E-state index in [1.807, 2.05) is 75.0 Å². The average Bonchev–Trinajstić information content (AvgIpc) is 3.69. The summed E-state index contributed by atoms with van der Waals surface area (Å²) in [6, 6.07) is 25.3. The van der Waals surface area contributed by atoms with Crippen molar-refractivity contribution in [3.63, 3.8) is 0 Å². The Morgan fingerprint density at radius 1 is 0.826 bits per heavy atom. The molecule has 0 saturated heterocycles. The lowest BCUT2D eigenvalue weighted by Gasteiger charge is -2.12. The van der Waals surface area contributed by atoms with Crippen LogP contribution in [0.2, 0.25) is 0 Å². The van der Waals surface area contributed by atoms with Crippen molar-refractivity contribution < 1.29 is 4.39 Å². The smallest absolute Gasteiger partial charge is 0.135 e. The molecule has 0 aliphatic heterocycles. The van der Waals surface area contributed by atoms with Gasteiger partial charge in [0.2, 0.25) is 0 Å². The third-order valence-electron chi connectivity index (χ3n) is 7.86. The Kier molecular flexibility index (Phi) is 8.20. The zero-order chi connectivity index (χ0) is 31.5. The lowest BCUT2D eigenvalue weighted by molar-refractivity contribution is 0.425. The molecule has 2 aromatic carbocycles. The zero-order valence-corrected chi connectivity index (χ0v) is 25.7. The third-order valence-corrected chi connectivity index (χ3v) is 7.86. The predicted octanol–water partition coefficient (Wildman–Crippen LogP) is 6.63. The molecule has 0 aliphatic rings. The van der Waals surface area contributed by atoms with Gasteiger partial charge < -0.3 is 20.5 Å². The SMILES string of the molecule is CN(C)CCNc1cc(F)cc(-c2nccc3[nH]c(-c4n[nH]c5ccc(-c6cncc(CNCc7ccccc7)c6)nc45)cc23)c1. The molecule has 0 aliphatic carbocycles. The fraction of sp³-hybridized carbons (Fsp3) is 0.167. The highest BCUT2D eigenvalue weighted by Gasteiger charge is 2.17. The van der Waals surface area contributed by atoms with Gasteiger partial charge in [0.25, 0.3) is 0 Å². The number of anilines is 1. The highest BCUT2D eigenvalue weighted by molar-refractivity contribution is 5.99. The molecule has 46 heavy (non-hydrogen) atoms. The Balaban J connectivity index is 1.17. The second kappa shape index (κ2) is 12.9. The van der Waals surface area contributed by atoms with Crippen LogP contribution in [0.1, 0.15) is 11.1 Å². The molecule has 0 saturated carbocycles. The van der Waals surface area contributed by atoms with E-state index in [0.717, 1.165) is 57.5 Å².